The second-order valence-corrected chi connectivity index (χ2v) is 6.05. The Morgan fingerprint density at radius 3 is 2.67 bits per heavy atom. The third-order valence-corrected chi connectivity index (χ3v) is 3.85. The van der Waals surface area contributed by atoms with Gasteiger partial charge in [0.05, 0.1) is 22.5 Å². The number of hydrogen-bond acceptors (Lipinski definition) is 4. The van der Waals surface area contributed by atoms with Crippen LogP contribution in [0.3, 0.4) is 0 Å². The van der Waals surface area contributed by atoms with Crippen LogP contribution in [0.15, 0.2) is 34.1 Å². The van der Waals surface area contributed by atoms with E-state index in [0.29, 0.717) is 23.7 Å². The zero-order valence-corrected chi connectivity index (χ0v) is 12.0. The highest BCUT2D eigenvalue weighted by Gasteiger charge is 2.04. The van der Waals surface area contributed by atoms with E-state index in [1.165, 1.54) is 0 Å². The van der Waals surface area contributed by atoms with Gasteiger partial charge in [0.1, 0.15) is 18.1 Å². The summed E-state index contributed by atoms with van der Waals surface area (Å²) in [5.41, 5.74) is 0.525. The van der Waals surface area contributed by atoms with Crippen LogP contribution in [0, 0.1) is 11.3 Å². The maximum absolute atomic E-state index is 8.91. The highest BCUT2D eigenvalue weighted by atomic mass is 79.9. The van der Waals surface area contributed by atoms with E-state index in [0.717, 1.165) is 8.66 Å². The van der Waals surface area contributed by atoms with Crippen molar-refractivity contribution in [2.75, 3.05) is 7.11 Å². The van der Waals surface area contributed by atoms with E-state index in [9.17, 15) is 0 Å². The Labute approximate surface area is 118 Å². The fraction of sp³-hybridized carbons (Fsp3) is 0.154. The zero-order chi connectivity index (χ0) is 13.0. The number of nitrogens with zero attached hydrogens (tertiary/aromatic N) is 1. The molecule has 0 saturated carbocycles. The molecule has 0 N–H and O–H groups in total. The lowest BCUT2D eigenvalue weighted by Crippen LogP contribution is -1.94. The molecule has 18 heavy (non-hydrogen) atoms. The van der Waals surface area contributed by atoms with Crippen LogP contribution in [0.5, 0.6) is 11.5 Å². The van der Waals surface area contributed by atoms with Crippen molar-refractivity contribution in [2.45, 2.75) is 6.61 Å². The van der Waals surface area contributed by atoms with Gasteiger partial charge in [0.2, 0.25) is 0 Å². The molecule has 0 unspecified atom stereocenters. The lowest BCUT2D eigenvalue weighted by atomic mass is 10.2. The van der Waals surface area contributed by atoms with Gasteiger partial charge in [-0.2, -0.15) is 5.26 Å². The number of methoxy groups -OCH3 is 1. The summed E-state index contributed by atoms with van der Waals surface area (Å²) in [5.74, 6) is 1.26. The standard InChI is InChI=1S/C13H10BrNO2S/c1-16-10-4-9(7-15)5-11(6-10)17-8-12-2-3-13(14)18-12/h2-6H,8H2,1H3. The van der Waals surface area contributed by atoms with Crippen LogP contribution in [0.2, 0.25) is 0 Å². The van der Waals surface area contributed by atoms with Gasteiger partial charge >= 0.3 is 0 Å². The first-order valence-electron chi connectivity index (χ1n) is 5.17. The molecule has 0 bridgehead atoms. The van der Waals surface area contributed by atoms with Crippen LogP contribution >= 0.6 is 27.3 Å². The summed E-state index contributed by atoms with van der Waals surface area (Å²) in [6.45, 7) is 0.480. The summed E-state index contributed by atoms with van der Waals surface area (Å²) in [7, 11) is 1.57. The second-order valence-electron chi connectivity index (χ2n) is 3.50. The number of thiophene rings is 1. The quantitative estimate of drug-likeness (QED) is 0.854. The van der Waals surface area contributed by atoms with Crippen LogP contribution in [-0.2, 0) is 6.61 Å². The highest BCUT2D eigenvalue weighted by Crippen LogP contribution is 2.26. The predicted molar refractivity (Wildman–Crippen MR) is 74.1 cm³/mol. The molecule has 0 radical (unpaired) electrons. The van der Waals surface area contributed by atoms with E-state index in [-0.39, 0.29) is 0 Å². The molecule has 0 aliphatic heterocycles. The van der Waals surface area contributed by atoms with Gasteiger partial charge < -0.3 is 9.47 Å². The largest absolute Gasteiger partial charge is 0.497 e. The average Bonchev–Trinajstić information content (AvgIpc) is 2.81. The van der Waals surface area contributed by atoms with Crippen molar-refractivity contribution < 1.29 is 9.47 Å². The molecule has 1 aromatic carbocycles. The second kappa shape index (κ2) is 5.89. The molecule has 0 spiro atoms. The van der Waals surface area contributed by atoms with Gasteiger partial charge in [-0.3, -0.25) is 0 Å². The topological polar surface area (TPSA) is 42.2 Å². The van der Waals surface area contributed by atoms with Crippen LogP contribution in [-0.4, -0.2) is 7.11 Å². The summed E-state index contributed by atoms with van der Waals surface area (Å²) in [4.78, 5) is 1.11. The predicted octanol–water partition coefficient (Wildman–Crippen LogP) is 3.97. The molecule has 0 atom stereocenters. The Kier molecular flexibility index (Phi) is 4.24. The maximum Gasteiger partial charge on any atom is 0.124 e. The minimum absolute atomic E-state index is 0.480. The van der Waals surface area contributed by atoms with E-state index in [1.807, 2.05) is 12.1 Å². The van der Waals surface area contributed by atoms with Crippen molar-refractivity contribution in [1.29, 1.82) is 5.26 Å². The van der Waals surface area contributed by atoms with Gasteiger partial charge in [-0.1, -0.05) is 0 Å². The van der Waals surface area contributed by atoms with Gasteiger partial charge in [-0.25, -0.2) is 0 Å². The Bertz CT molecular complexity index is 589. The molecule has 5 heteroatoms. The molecule has 92 valence electrons. The van der Waals surface area contributed by atoms with Gasteiger partial charge in [0.15, 0.2) is 0 Å². The average molecular weight is 324 g/mol. The van der Waals surface area contributed by atoms with Crippen molar-refractivity contribution in [3.05, 3.63) is 44.6 Å². The van der Waals surface area contributed by atoms with Crippen LogP contribution in [0.25, 0.3) is 0 Å². The summed E-state index contributed by atoms with van der Waals surface area (Å²) in [6.07, 6.45) is 0. The first-order chi connectivity index (χ1) is 8.71. The van der Waals surface area contributed by atoms with Gasteiger partial charge in [0.25, 0.3) is 0 Å². The highest BCUT2D eigenvalue weighted by molar-refractivity contribution is 9.11. The van der Waals surface area contributed by atoms with Crippen LogP contribution in [0.1, 0.15) is 10.4 Å². The lowest BCUT2D eigenvalue weighted by molar-refractivity contribution is 0.307. The molecule has 0 aliphatic carbocycles. The van der Waals surface area contributed by atoms with Gasteiger partial charge in [0, 0.05) is 10.9 Å². The number of nitriles is 1. The van der Waals surface area contributed by atoms with E-state index in [4.69, 9.17) is 14.7 Å². The first kappa shape index (κ1) is 12.9. The number of benzene rings is 1. The zero-order valence-electron chi connectivity index (χ0n) is 9.64. The van der Waals surface area contributed by atoms with E-state index in [1.54, 1.807) is 36.6 Å². The van der Waals surface area contributed by atoms with Crippen molar-refractivity contribution in [3.8, 4) is 17.6 Å². The SMILES string of the molecule is COc1cc(C#N)cc(OCc2ccc(Br)s2)c1. The third kappa shape index (κ3) is 3.25. The van der Waals surface area contributed by atoms with Crippen molar-refractivity contribution in [2.24, 2.45) is 0 Å². The van der Waals surface area contributed by atoms with E-state index in [2.05, 4.69) is 22.0 Å². The number of ether oxygens (including phenoxy) is 2. The molecule has 1 heterocycles. The summed E-state index contributed by atoms with van der Waals surface area (Å²) in [6, 6.07) is 11.2. The normalized spacial score (nSPS) is 9.83. The Morgan fingerprint density at radius 2 is 2.06 bits per heavy atom. The number of hydrogen-bond donors (Lipinski definition) is 0. The van der Waals surface area contributed by atoms with Gasteiger partial charge in [-0.05, 0) is 40.2 Å². The summed E-state index contributed by atoms with van der Waals surface area (Å²) in [5, 5.41) is 8.91. The molecule has 0 fully saturated rings. The van der Waals surface area contributed by atoms with E-state index >= 15 is 0 Å². The molecular weight excluding hydrogens is 314 g/mol. The third-order valence-electron chi connectivity index (χ3n) is 2.25. The van der Waals surface area contributed by atoms with E-state index < -0.39 is 0 Å². The Morgan fingerprint density at radius 1 is 1.28 bits per heavy atom. The van der Waals surface area contributed by atoms with Crippen molar-refractivity contribution in [3.63, 3.8) is 0 Å². The minimum atomic E-state index is 0.480. The molecule has 2 aromatic rings. The molecule has 0 aliphatic rings. The van der Waals surface area contributed by atoms with Crippen LogP contribution in [0.4, 0.5) is 0 Å². The van der Waals surface area contributed by atoms with Crippen molar-refractivity contribution >= 4 is 27.3 Å². The minimum Gasteiger partial charge on any atom is -0.497 e. The first-order valence-corrected chi connectivity index (χ1v) is 6.78. The van der Waals surface area contributed by atoms with Crippen molar-refractivity contribution in [1.82, 2.24) is 0 Å². The van der Waals surface area contributed by atoms with Crippen LogP contribution < -0.4 is 9.47 Å². The molecule has 0 saturated heterocycles. The molecule has 2 rings (SSSR count). The molecule has 0 amide bonds. The fourth-order valence-corrected chi connectivity index (χ4v) is 2.82. The maximum atomic E-state index is 8.91. The smallest absolute Gasteiger partial charge is 0.124 e. The number of halogens is 1. The summed E-state index contributed by atoms with van der Waals surface area (Å²) >= 11 is 5.03. The summed E-state index contributed by atoms with van der Waals surface area (Å²) < 4.78 is 11.8. The molecule has 1 aromatic heterocycles. The molecule has 3 nitrogen and oxygen atoms in total. The monoisotopic (exact) mass is 323 g/mol. The lowest BCUT2D eigenvalue weighted by Gasteiger charge is -2.07. The Hall–Kier alpha value is -1.51. The van der Waals surface area contributed by atoms with Gasteiger partial charge in [-0.15, -0.1) is 11.3 Å². The Balaban J connectivity index is 2.11. The fourth-order valence-electron chi connectivity index (χ4n) is 1.42. The molecular formula is C13H10BrNO2S. The number of rotatable bonds is 4.